The molecule has 1 N–H and O–H groups in total. The van der Waals surface area contributed by atoms with Crippen molar-refractivity contribution in [1.82, 2.24) is 5.32 Å². The van der Waals surface area contributed by atoms with Gasteiger partial charge in [0.05, 0.1) is 6.42 Å². The van der Waals surface area contributed by atoms with E-state index in [0.29, 0.717) is 16.3 Å². The minimum atomic E-state index is -0.931. The smallest absolute Gasteiger partial charge is 0.248 e. The highest BCUT2D eigenvalue weighted by molar-refractivity contribution is 7.08. The van der Waals surface area contributed by atoms with Gasteiger partial charge in [0.15, 0.2) is 0 Å². The molecule has 172 valence electrons. The van der Waals surface area contributed by atoms with E-state index in [0.717, 1.165) is 31.2 Å². The lowest BCUT2D eigenvalue weighted by Gasteiger charge is -2.33. The third kappa shape index (κ3) is 6.01. The fourth-order valence-electron chi connectivity index (χ4n) is 4.28. The van der Waals surface area contributed by atoms with Crippen molar-refractivity contribution < 1.29 is 14.0 Å². The van der Waals surface area contributed by atoms with Gasteiger partial charge in [-0.25, -0.2) is 4.39 Å². The van der Waals surface area contributed by atoms with Crippen LogP contribution in [0.4, 0.5) is 10.1 Å². The number of anilines is 1. The topological polar surface area (TPSA) is 49.4 Å². The van der Waals surface area contributed by atoms with Gasteiger partial charge in [-0.3, -0.25) is 14.5 Å². The first-order valence-electron chi connectivity index (χ1n) is 11.2. The third-order valence-corrected chi connectivity index (χ3v) is 6.94. The Bertz CT molecular complexity index is 1060. The predicted molar refractivity (Wildman–Crippen MR) is 131 cm³/mol. The van der Waals surface area contributed by atoms with E-state index >= 15 is 0 Å². The zero-order chi connectivity index (χ0) is 23.2. The lowest BCUT2D eigenvalue weighted by Crippen LogP contribution is -2.47. The van der Waals surface area contributed by atoms with Gasteiger partial charge < -0.3 is 5.32 Å². The monoisotopic (exact) mass is 484 g/mol. The molecular weight excluding hydrogens is 459 g/mol. The van der Waals surface area contributed by atoms with Crippen molar-refractivity contribution in [1.29, 1.82) is 0 Å². The second-order valence-electron chi connectivity index (χ2n) is 8.35. The average Bonchev–Trinajstić information content (AvgIpc) is 3.32. The highest BCUT2D eigenvalue weighted by Gasteiger charge is 2.34. The summed E-state index contributed by atoms with van der Waals surface area (Å²) in [7, 11) is 0. The molecule has 0 spiro atoms. The molecule has 0 bridgehead atoms. The Labute approximate surface area is 202 Å². The highest BCUT2D eigenvalue weighted by Crippen LogP contribution is 2.31. The van der Waals surface area contributed by atoms with E-state index in [2.05, 4.69) is 5.32 Å². The second kappa shape index (κ2) is 10.9. The molecule has 1 unspecified atom stereocenters. The van der Waals surface area contributed by atoms with Gasteiger partial charge in [0.1, 0.15) is 11.9 Å². The fourth-order valence-corrected chi connectivity index (χ4v) is 5.08. The highest BCUT2D eigenvalue weighted by atomic mass is 35.5. The molecule has 1 heterocycles. The maximum atomic E-state index is 13.7. The zero-order valence-corrected chi connectivity index (χ0v) is 19.7. The fraction of sp³-hybridized carbons (Fsp3) is 0.308. The number of carbonyl (C=O) groups excluding carboxylic acids is 2. The van der Waals surface area contributed by atoms with Crippen LogP contribution < -0.4 is 10.2 Å². The van der Waals surface area contributed by atoms with Gasteiger partial charge in [-0.05, 0) is 77.2 Å². The normalized spacial score (nSPS) is 15.1. The lowest BCUT2D eigenvalue weighted by atomic mass is 9.94. The molecular formula is C26H26ClFN2O2S. The Morgan fingerprint density at radius 2 is 1.73 bits per heavy atom. The predicted octanol–water partition coefficient (Wildman–Crippen LogP) is 6.31. The Hall–Kier alpha value is -2.70. The van der Waals surface area contributed by atoms with E-state index in [-0.39, 0.29) is 24.3 Å². The molecule has 7 heteroatoms. The van der Waals surface area contributed by atoms with Crippen LogP contribution >= 0.6 is 22.9 Å². The Morgan fingerprint density at radius 3 is 2.36 bits per heavy atom. The lowest BCUT2D eigenvalue weighted by molar-refractivity contribution is -0.127. The summed E-state index contributed by atoms with van der Waals surface area (Å²) in [6.07, 6.45) is 5.32. The summed E-state index contributed by atoms with van der Waals surface area (Å²) in [6.45, 7) is 0. The van der Waals surface area contributed by atoms with Crippen LogP contribution in [-0.4, -0.2) is 17.9 Å². The van der Waals surface area contributed by atoms with E-state index in [1.54, 1.807) is 36.4 Å². The molecule has 1 aliphatic rings. The van der Waals surface area contributed by atoms with Gasteiger partial charge in [-0.1, -0.05) is 43.0 Å². The second-order valence-corrected chi connectivity index (χ2v) is 9.56. The number of thiophene rings is 1. The van der Waals surface area contributed by atoms with Crippen LogP contribution in [0, 0.1) is 5.82 Å². The molecule has 0 saturated heterocycles. The van der Waals surface area contributed by atoms with Gasteiger partial charge >= 0.3 is 0 Å². The number of hydrogen-bond acceptors (Lipinski definition) is 3. The molecule has 1 atom stereocenters. The standard InChI is InChI=1S/C26H26ClFN2O2S/c27-20-8-12-23(13-9-20)30(24(31)16-18-14-15-33-17-18)25(19-6-10-21(28)11-7-19)26(32)29-22-4-2-1-3-5-22/h6-15,17,22,25H,1-5,16H2,(H,29,32). The number of carbonyl (C=O) groups is 2. The number of rotatable bonds is 7. The quantitative estimate of drug-likeness (QED) is 0.427. The molecule has 4 rings (SSSR count). The van der Waals surface area contributed by atoms with Crippen LogP contribution in [0.25, 0.3) is 0 Å². The molecule has 33 heavy (non-hydrogen) atoms. The molecule has 2 aromatic carbocycles. The Balaban J connectivity index is 1.73. The first-order chi connectivity index (χ1) is 16.0. The number of nitrogens with zero attached hydrogens (tertiary/aromatic N) is 1. The van der Waals surface area contributed by atoms with Gasteiger partial charge in [0.25, 0.3) is 0 Å². The molecule has 1 aromatic heterocycles. The van der Waals surface area contributed by atoms with Crippen molar-refractivity contribution in [3.05, 3.63) is 87.3 Å². The van der Waals surface area contributed by atoms with E-state index in [1.807, 2.05) is 16.8 Å². The largest absolute Gasteiger partial charge is 0.351 e. The summed E-state index contributed by atoms with van der Waals surface area (Å²) >= 11 is 7.61. The maximum absolute atomic E-state index is 13.7. The summed E-state index contributed by atoms with van der Waals surface area (Å²) < 4.78 is 13.7. The molecule has 1 fully saturated rings. The van der Waals surface area contributed by atoms with Gasteiger partial charge in [-0.15, -0.1) is 0 Å². The number of halogens is 2. The SMILES string of the molecule is O=C(NC1CCCCC1)C(c1ccc(F)cc1)N(C(=O)Cc1ccsc1)c1ccc(Cl)cc1. The molecule has 0 aliphatic heterocycles. The van der Waals surface area contributed by atoms with Crippen molar-refractivity contribution in [3.63, 3.8) is 0 Å². The zero-order valence-electron chi connectivity index (χ0n) is 18.2. The first-order valence-corrected chi connectivity index (χ1v) is 12.5. The summed E-state index contributed by atoms with van der Waals surface area (Å²) in [5.41, 5.74) is 2.00. The van der Waals surface area contributed by atoms with E-state index in [4.69, 9.17) is 11.6 Å². The minimum absolute atomic E-state index is 0.0771. The molecule has 0 radical (unpaired) electrons. The van der Waals surface area contributed by atoms with E-state index in [9.17, 15) is 14.0 Å². The van der Waals surface area contributed by atoms with Crippen LogP contribution in [0.1, 0.15) is 49.3 Å². The van der Waals surface area contributed by atoms with Crippen LogP contribution in [0.2, 0.25) is 5.02 Å². The van der Waals surface area contributed by atoms with Crippen molar-refractivity contribution in [2.24, 2.45) is 0 Å². The van der Waals surface area contributed by atoms with Crippen molar-refractivity contribution in [2.45, 2.75) is 50.6 Å². The number of benzene rings is 2. The third-order valence-electron chi connectivity index (χ3n) is 5.95. The van der Waals surface area contributed by atoms with Gasteiger partial charge in [0.2, 0.25) is 11.8 Å². The van der Waals surface area contributed by atoms with Crippen molar-refractivity contribution in [3.8, 4) is 0 Å². The van der Waals surface area contributed by atoms with Crippen molar-refractivity contribution in [2.75, 3.05) is 4.90 Å². The summed E-state index contributed by atoms with van der Waals surface area (Å²) in [4.78, 5) is 28.8. The van der Waals surface area contributed by atoms with Gasteiger partial charge in [-0.2, -0.15) is 11.3 Å². The molecule has 1 aliphatic carbocycles. The number of hydrogen-bond donors (Lipinski definition) is 1. The minimum Gasteiger partial charge on any atom is -0.351 e. The molecule has 4 nitrogen and oxygen atoms in total. The van der Waals surface area contributed by atoms with E-state index < -0.39 is 11.9 Å². The molecule has 1 saturated carbocycles. The molecule has 2 amide bonds. The molecule has 3 aromatic rings. The summed E-state index contributed by atoms with van der Waals surface area (Å²) in [5.74, 6) is -0.876. The maximum Gasteiger partial charge on any atom is 0.248 e. The van der Waals surface area contributed by atoms with Crippen LogP contribution in [0.15, 0.2) is 65.4 Å². The summed E-state index contributed by atoms with van der Waals surface area (Å²) in [5, 5.41) is 7.54. The Kier molecular flexibility index (Phi) is 7.78. The number of amides is 2. The first kappa shape index (κ1) is 23.5. The van der Waals surface area contributed by atoms with Gasteiger partial charge in [0, 0.05) is 16.8 Å². The number of nitrogens with one attached hydrogen (secondary N) is 1. The summed E-state index contributed by atoms with van der Waals surface area (Å²) in [6, 6.07) is 13.7. The van der Waals surface area contributed by atoms with E-state index in [1.165, 1.54) is 34.8 Å². The van der Waals surface area contributed by atoms with Crippen LogP contribution in [0.5, 0.6) is 0 Å². The van der Waals surface area contributed by atoms with Crippen molar-refractivity contribution >= 4 is 40.4 Å². The van der Waals surface area contributed by atoms with Crippen LogP contribution in [0.3, 0.4) is 0 Å². The van der Waals surface area contributed by atoms with Crippen LogP contribution in [-0.2, 0) is 16.0 Å². The average molecular weight is 485 g/mol. The Morgan fingerprint density at radius 1 is 1.03 bits per heavy atom.